The maximum atomic E-state index is 12.7. The average molecular weight is 484 g/mol. The number of aryl methyl sites for hydroxylation is 1. The Hall–Kier alpha value is -3.84. The third kappa shape index (κ3) is 5.05. The number of alkyl halides is 2. The molecule has 0 saturated heterocycles. The van der Waals surface area contributed by atoms with Gasteiger partial charge in [-0.3, -0.25) is 0 Å². The van der Waals surface area contributed by atoms with E-state index < -0.39 is 18.3 Å². The summed E-state index contributed by atoms with van der Waals surface area (Å²) >= 11 is 6.29. The van der Waals surface area contributed by atoms with Crippen molar-refractivity contribution in [3.63, 3.8) is 0 Å². The number of hydrogen-bond acceptors (Lipinski definition) is 3. The highest BCUT2D eigenvalue weighted by atomic mass is 35.5. The first-order valence-corrected chi connectivity index (χ1v) is 10.7. The van der Waals surface area contributed by atoms with Gasteiger partial charge in [-0.2, -0.15) is 8.78 Å². The number of halogens is 3. The first-order chi connectivity index (χ1) is 16.3. The van der Waals surface area contributed by atoms with Crippen LogP contribution in [0.5, 0.6) is 11.5 Å². The van der Waals surface area contributed by atoms with Crippen LogP contribution < -0.4 is 9.47 Å². The second kappa shape index (κ2) is 9.97. The largest absolute Gasteiger partial charge is 0.488 e. The Morgan fingerprint density at radius 3 is 2.44 bits per heavy atom. The van der Waals surface area contributed by atoms with Crippen molar-refractivity contribution in [2.24, 2.45) is 0 Å². The van der Waals surface area contributed by atoms with Crippen molar-refractivity contribution in [1.29, 1.82) is 0 Å². The zero-order valence-corrected chi connectivity index (χ0v) is 18.8. The van der Waals surface area contributed by atoms with Crippen LogP contribution in [0.3, 0.4) is 0 Å². The molecule has 174 valence electrons. The third-order valence-electron chi connectivity index (χ3n) is 5.20. The first-order valence-electron chi connectivity index (χ1n) is 10.3. The number of aromatic carboxylic acids is 1. The Bertz CT molecular complexity index is 1320. The summed E-state index contributed by atoms with van der Waals surface area (Å²) in [7, 11) is 0. The summed E-state index contributed by atoms with van der Waals surface area (Å²) in [5, 5.41) is 10.0. The number of nitrogens with zero attached hydrogens (tertiary/aromatic N) is 1. The van der Waals surface area contributed by atoms with Gasteiger partial charge in [0, 0.05) is 22.0 Å². The molecule has 1 N–H and O–H groups in total. The van der Waals surface area contributed by atoms with E-state index >= 15 is 0 Å². The number of hydrogen-bond donors (Lipinski definition) is 1. The van der Waals surface area contributed by atoms with Crippen molar-refractivity contribution in [3.05, 3.63) is 101 Å². The molecule has 34 heavy (non-hydrogen) atoms. The van der Waals surface area contributed by atoms with Crippen LogP contribution >= 0.6 is 11.6 Å². The van der Waals surface area contributed by atoms with Gasteiger partial charge in [0.05, 0.1) is 5.69 Å². The Labute approximate surface area is 199 Å². The topological polar surface area (TPSA) is 60.7 Å². The lowest BCUT2D eigenvalue weighted by atomic mass is 10.1. The van der Waals surface area contributed by atoms with Crippen LogP contribution in [0.1, 0.15) is 21.6 Å². The minimum absolute atomic E-state index is 0.345. The molecule has 0 atom stereocenters. The molecule has 0 fully saturated rings. The van der Waals surface area contributed by atoms with Gasteiger partial charge in [-0.05, 0) is 61.0 Å². The highest BCUT2D eigenvalue weighted by molar-refractivity contribution is 6.31. The van der Waals surface area contributed by atoms with Crippen LogP contribution in [0.25, 0.3) is 16.9 Å². The zero-order valence-electron chi connectivity index (χ0n) is 18.0. The lowest BCUT2D eigenvalue weighted by Crippen LogP contribution is -2.09. The highest BCUT2D eigenvalue weighted by Gasteiger charge is 2.20. The van der Waals surface area contributed by atoms with Crippen LogP contribution in [0.15, 0.2) is 78.9 Å². The fourth-order valence-corrected chi connectivity index (χ4v) is 3.85. The standard InChI is InChI=1S/C26H20ClF2NO4/c1-16-7-10-22(30(16)19-9-12-24(34-26(28)29)21(14-19)25(31)32)20-13-18(27)8-11-23(20)33-15-17-5-3-2-4-6-17/h2-14,26H,15H2,1H3,(H,31,32). The maximum absolute atomic E-state index is 12.7. The predicted molar refractivity (Wildman–Crippen MR) is 125 cm³/mol. The quantitative estimate of drug-likeness (QED) is 0.293. The van der Waals surface area contributed by atoms with E-state index in [9.17, 15) is 18.7 Å². The van der Waals surface area contributed by atoms with E-state index in [1.807, 2.05) is 49.4 Å². The lowest BCUT2D eigenvalue weighted by Gasteiger charge is -2.17. The molecular formula is C26H20ClF2NO4. The highest BCUT2D eigenvalue weighted by Crippen LogP contribution is 2.37. The summed E-state index contributed by atoms with van der Waals surface area (Å²) in [6.07, 6.45) is 0. The second-order valence-electron chi connectivity index (χ2n) is 7.47. The van der Waals surface area contributed by atoms with Crippen molar-refractivity contribution in [2.45, 2.75) is 20.1 Å². The van der Waals surface area contributed by atoms with Gasteiger partial charge in [0.25, 0.3) is 0 Å². The van der Waals surface area contributed by atoms with Gasteiger partial charge in [-0.25, -0.2) is 4.79 Å². The summed E-state index contributed by atoms with van der Waals surface area (Å²) in [4.78, 5) is 11.7. The molecule has 0 aliphatic carbocycles. The Morgan fingerprint density at radius 1 is 1.00 bits per heavy atom. The average Bonchev–Trinajstić information content (AvgIpc) is 3.20. The van der Waals surface area contributed by atoms with Crippen LogP contribution in [0, 0.1) is 6.92 Å². The van der Waals surface area contributed by atoms with Gasteiger partial charge in [-0.15, -0.1) is 0 Å². The molecule has 8 heteroatoms. The van der Waals surface area contributed by atoms with Crippen molar-refractivity contribution in [1.82, 2.24) is 4.57 Å². The molecule has 0 saturated carbocycles. The maximum Gasteiger partial charge on any atom is 0.387 e. The number of aromatic nitrogens is 1. The molecule has 0 amide bonds. The second-order valence-corrected chi connectivity index (χ2v) is 7.91. The molecule has 4 rings (SSSR count). The number of carbonyl (C=O) groups is 1. The molecule has 3 aromatic carbocycles. The number of ether oxygens (including phenoxy) is 2. The monoisotopic (exact) mass is 483 g/mol. The van der Waals surface area contributed by atoms with E-state index in [0.29, 0.717) is 34.3 Å². The zero-order chi connectivity index (χ0) is 24.2. The Kier molecular flexibility index (Phi) is 6.84. The van der Waals surface area contributed by atoms with Gasteiger partial charge >= 0.3 is 12.6 Å². The van der Waals surface area contributed by atoms with E-state index in [1.54, 1.807) is 22.8 Å². The molecule has 5 nitrogen and oxygen atoms in total. The molecule has 1 heterocycles. The van der Waals surface area contributed by atoms with Crippen molar-refractivity contribution >= 4 is 17.6 Å². The normalized spacial score (nSPS) is 11.0. The van der Waals surface area contributed by atoms with Crippen LogP contribution in [-0.2, 0) is 6.61 Å². The number of benzene rings is 3. The van der Waals surface area contributed by atoms with E-state index in [1.165, 1.54) is 18.2 Å². The molecule has 0 aliphatic heterocycles. The van der Waals surface area contributed by atoms with E-state index in [4.69, 9.17) is 16.3 Å². The lowest BCUT2D eigenvalue weighted by molar-refractivity contribution is -0.0503. The smallest absolute Gasteiger partial charge is 0.387 e. The fraction of sp³-hybridized carbons (Fsp3) is 0.115. The molecule has 0 spiro atoms. The molecule has 0 radical (unpaired) electrons. The van der Waals surface area contributed by atoms with Gasteiger partial charge in [0.2, 0.25) is 0 Å². The molecule has 0 aliphatic rings. The molecule has 1 aromatic heterocycles. The number of rotatable bonds is 8. The summed E-state index contributed by atoms with van der Waals surface area (Å²) in [5.74, 6) is -1.20. The summed E-state index contributed by atoms with van der Waals surface area (Å²) < 4.78 is 37.7. The van der Waals surface area contributed by atoms with Crippen LogP contribution in [-0.4, -0.2) is 22.3 Å². The minimum atomic E-state index is -3.14. The molecule has 0 bridgehead atoms. The minimum Gasteiger partial charge on any atom is -0.488 e. The molecule has 0 unspecified atom stereocenters. The van der Waals surface area contributed by atoms with Gasteiger partial charge in [-0.1, -0.05) is 41.9 Å². The number of carboxylic acids is 1. The summed E-state index contributed by atoms with van der Waals surface area (Å²) in [5.41, 5.74) is 3.27. The predicted octanol–water partition coefficient (Wildman–Crippen LogP) is 6.98. The van der Waals surface area contributed by atoms with Crippen molar-refractivity contribution in [3.8, 4) is 28.4 Å². The van der Waals surface area contributed by atoms with Crippen molar-refractivity contribution < 1.29 is 28.2 Å². The summed E-state index contributed by atoms with van der Waals surface area (Å²) in [6.45, 7) is -0.941. The molecular weight excluding hydrogens is 464 g/mol. The third-order valence-corrected chi connectivity index (χ3v) is 5.43. The van der Waals surface area contributed by atoms with Crippen LogP contribution in [0.2, 0.25) is 5.02 Å². The Balaban J connectivity index is 1.77. The Morgan fingerprint density at radius 2 is 1.74 bits per heavy atom. The molecule has 4 aromatic rings. The summed E-state index contributed by atoms with van der Waals surface area (Å²) in [6, 6.07) is 22.7. The first kappa shape index (κ1) is 23.3. The van der Waals surface area contributed by atoms with Crippen molar-refractivity contribution in [2.75, 3.05) is 0 Å². The van der Waals surface area contributed by atoms with Gasteiger partial charge in [0.15, 0.2) is 0 Å². The number of carboxylic acid groups (broad SMARTS) is 1. The van der Waals surface area contributed by atoms with Gasteiger partial charge in [0.1, 0.15) is 23.7 Å². The van der Waals surface area contributed by atoms with E-state index in [0.717, 1.165) is 11.3 Å². The SMILES string of the molecule is Cc1ccc(-c2cc(Cl)ccc2OCc2ccccc2)n1-c1ccc(OC(F)F)c(C(=O)O)c1. The van der Waals surface area contributed by atoms with E-state index in [-0.39, 0.29) is 5.56 Å². The van der Waals surface area contributed by atoms with Gasteiger partial charge < -0.3 is 19.1 Å². The van der Waals surface area contributed by atoms with E-state index in [2.05, 4.69) is 4.74 Å². The van der Waals surface area contributed by atoms with Crippen LogP contribution in [0.4, 0.5) is 8.78 Å². The fourth-order valence-electron chi connectivity index (χ4n) is 3.68.